The molecule has 164 valence electrons. The standard InChI is InChI=1S/C23H21N3O5S/c27-22(25-26-23(28)21-14-17-9-4-5-12-20(17)31-21)18-10-6-11-19(13-18)32(29,30)24-15-16-7-2-1-3-8-16/h1-13,21,24H,14-15H2,(H,25,27)(H,26,28)/t21-/m0/s1. The van der Waals surface area contributed by atoms with E-state index in [1.165, 1.54) is 24.3 Å². The second-order valence-corrected chi connectivity index (χ2v) is 8.97. The summed E-state index contributed by atoms with van der Waals surface area (Å²) < 4.78 is 33.3. The summed E-state index contributed by atoms with van der Waals surface area (Å²) in [6.45, 7) is 0.124. The van der Waals surface area contributed by atoms with Crippen molar-refractivity contribution in [3.63, 3.8) is 0 Å². The fourth-order valence-electron chi connectivity index (χ4n) is 3.26. The van der Waals surface area contributed by atoms with E-state index >= 15 is 0 Å². The van der Waals surface area contributed by atoms with Gasteiger partial charge in [-0.05, 0) is 35.4 Å². The molecule has 0 aromatic heterocycles. The quantitative estimate of drug-likeness (QED) is 0.496. The van der Waals surface area contributed by atoms with Crippen LogP contribution in [0.25, 0.3) is 0 Å². The lowest BCUT2D eigenvalue weighted by molar-refractivity contribution is -0.128. The molecule has 4 rings (SSSR count). The molecule has 32 heavy (non-hydrogen) atoms. The van der Waals surface area contributed by atoms with Crippen molar-refractivity contribution >= 4 is 21.8 Å². The molecule has 0 spiro atoms. The summed E-state index contributed by atoms with van der Waals surface area (Å²) in [7, 11) is -3.83. The second kappa shape index (κ2) is 9.21. The van der Waals surface area contributed by atoms with Gasteiger partial charge in [-0.3, -0.25) is 20.4 Å². The number of hydrogen-bond donors (Lipinski definition) is 3. The minimum absolute atomic E-state index is 0.0537. The maximum Gasteiger partial charge on any atom is 0.279 e. The van der Waals surface area contributed by atoms with Crippen molar-refractivity contribution in [3.8, 4) is 5.75 Å². The van der Waals surface area contributed by atoms with Crippen LogP contribution in [0, 0.1) is 0 Å². The van der Waals surface area contributed by atoms with E-state index in [1.54, 1.807) is 6.07 Å². The number of benzene rings is 3. The SMILES string of the molecule is O=C(NNC(=O)[C@@H]1Cc2ccccc2O1)c1cccc(S(=O)(=O)NCc2ccccc2)c1. The van der Waals surface area contributed by atoms with Crippen LogP contribution in [-0.2, 0) is 27.8 Å². The van der Waals surface area contributed by atoms with E-state index in [9.17, 15) is 18.0 Å². The monoisotopic (exact) mass is 451 g/mol. The molecule has 1 heterocycles. The lowest BCUT2D eigenvalue weighted by Crippen LogP contribution is -2.47. The second-order valence-electron chi connectivity index (χ2n) is 7.20. The van der Waals surface area contributed by atoms with Gasteiger partial charge in [-0.2, -0.15) is 0 Å². The Morgan fingerprint density at radius 2 is 1.66 bits per heavy atom. The maximum absolute atomic E-state index is 12.6. The Bertz CT molecular complexity index is 1220. The van der Waals surface area contributed by atoms with Crippen molar-refractivity contribution in [2.45, 2.75) is 24.0 Å². The zero-order valence-electron chi connectivity index (χ0n) is 16.9. The van der Waals surface area contributed by atoms with E-state index in [2.05, 4.69) is 15.6 Å². The highest BCUT2D eigenvalue weighted by molar-refractivity contribution is 7.89. The number of carbonyl (C=O) groups excluding carboxylic acids is 2. The number of ether oxygens (including phenoxy) is 1. The summed E-state index contributed by atoms with van der Waals surface area (Å²) in [6.07, 6.45) is -0.347. The molecule has 2 amide bonds. The van der Waals surface area contributed by atoms with Crippen molar-refractivity contribution in [2.75, 3.05) is 0 Å². The third kappa shape index (κ3) is 4.96. The number of carbonyl (C=O) groups is 2. The molecule has 1 aliphatic heterocycles. The average Bonchev–Trinajstić information content (AvgIpc) is 3.26. The average molecular weight is 452 g/mol. The van der Waals surface area contributed by atoms with Gasteiger partial charge in [-0.15, -0.1) is 0 Å². The summed E-state index contributed by atoms with van der Waals surface area (Å²) in [4.78, 5) is 24.7. The number of fused-ring (bicyclic) bond motifs is 1. The first kappa shape index (κ1) is 21.5. The minimum atomic E-state index is -3.83. The topological polar surface area (TPSA) is 114 Å². The van der Waals surface area contributed by atoms with E-state index in [1.807, 2.05) is 48.5 Å². The molecule has 9 heteroatoms. The van der Waals surface area contributed by atoms with Gasteiger partial charge in [-0.1, -0.05) is 54.6 Å². The Morgan fingerprint density at radius 1 is 0.906 bits per heavy atom. The molecule has 3 aromatic carbocycles. The maximum atomic E-state index is 12.6. The third-order valence-electron chi connectivity index (χ3n) is 4.95. The molecule has 0 radical (unpaired) electrons. The summed E-state index contributed by atoms with van der Waals surface area (Å²) >= 11 is 0. The van der Waals surface area contributed by atoms with Crippen molar-refractivity contribution in [1.29, 1.82) is 0 Å². The molecule has 3 aromatic rings. The number of para-hydroxylation sites is 1. The predicted octanol–water partition coefficient (Wildman–Crippen LogP) is 1.93. The highest BCUT2D eigenvalue weighted by Crippen LogP contribution is 2.28. The highest BCUT2D eigenvalue weighted by Gasteiger charge is 2.29. The molecule has 1 aliphatic rings. The predicted molar refractivity (Wildman–Crippen MR) is 117 cm³/mol. The molecule has 0 bridgehead atoms. The van der Waals surface area contributed by atoms with Crippen LogP contribution in [0.1, 0.15) is 21.5 Å². The Balaban J connectivity index is 1.35. The summed E-state index contributed by atoms with van der Waals surface area (Å²) in [5.41, 5.74) is 6.45. The van der Waals surface area contributed by atoms with Crippen LogP contribution in [0.3, 0.4) is 0 Å². The lowest BCUT2D eigenvalue weighted by atomic mass is 10.1. The van der Waals surface area contributed by atoms with Gasteiger partial charge >= 0.3 is 0 Å². The highest BCUT2D eigenvalue weighted by atomic mass is 32.2. The van der Waals surface area contributed by atoms with E-state index in [0.717, 1.165) is 11.1 Å². The number of nitrogens with one attached hydrogen (secondary N) is 3. The molecule has 0 saturated carbocycles. The molecule has 1 atom stereocenters. The third-order valence-corrected chi connectivity index (χ3v) is 6.35. The van der Waals surface area contributed by atoms with Gasteiger partial charge in [0.15, 0.2) is 6.10 Å². The number of amides is 2. The van der Waals surface area contributed by atoms with Crippen LogP contribution in [0.4, 0.5) is 0 Å². The molecule has 8 nitrogen and oxygen atoms in total. The molecular formula is C23H21N3O5S. The summed E-state index contributed by atoms with van der Waals surface area (Å²) in [5, 5.41) is 0. The first-order valence-electron chi connectivity index (χ1n) is 9.91. The van der Waals surface area contributed by atoms with Gasteiger partial charge in [-0.25, -0.2) is 13.1 Å². The Labute approximate surface area is 185 Å². The van der Waals surface area contributed by atoms with Gasteiger partial charge < -0.3 is 4.74 Å². The molecule has 0 aliphatic carbocycles. The Kier molecular flexibility index (Phi) is 6.20. The zero-order chi connectivity index (χ0) is 22.6. The van der Waals surface area contributed by atoms with Crippen LogP contribution < -0.4 is 20.3 Å². The normalized spacial score (nSPS) is 14.8. The van der Waals surface area contributed by atoms with Crippen molar-refractivity contribution < 1.29 is 22.7 Å². The van der Waals surface area contributed by atoms with Crippen LogP contribution in [0.5, 0.6) is 5.75 Å². The van der Waals surface area contributed by atoms with Crippen molar-refractivity contribution in [3.05, 3.63) is 95.6 Å². The van der Waals surface area contributed by atoms with Gasteiger partial charge in [0.05, 0.1) is 4.90 Å². The fourth-order valence-corrected chi connectivity index (χ4v) is 4.32. The molecule has 3 N–H and O–H groups in total. The van der Waals surface area contributed by atoms with Gasteiger partial charge in [0.25, 0.3) is 11.8 Å². The Hall–Kier alpha value is -3.69. The van der Waals surface area contributed by atoms with E-state index in [4.69, 9.17) is 4.74 Å². The minimum Gasteiger partial charge on any atom is -0.480 e. The van der Waals surface area contributed by atoms with Crippen molar-refractivity contribution in [1.82, 2.24) is 15.6 Å². The van der Waals surface area contributed by atoms with Crippen LogP contribution in [-0.4, -0.2) is 26.3 Å². The van der Waals surface area contributed by atoms with Crippen LogP contribution in [0.15, 0.2) is 83.8 Å². The van der Waals surface area contributed by atoms with Gasteiger partial charge in [0, 0.05) is 18.5 Å². The van der Waals surface area contributed by atoms with E-state index in [-0.39, 0.29) is 17.0 Å². The number of hydrazine groups is 1. The fraction of sp³-hybridized carbons (Fsp3) is 0.130. The van der Waals surface area contributed by atoms with E-state index < -0.39 is 27.9 Å². The zero-order valence-corrected chi connectivity index (χ0v) is 17.8. The molecular weight excluding hydrogens is 430 g/mol. The Morgan fingerprint density at radius 3 is 2.44 bits per heavy atom. The molecule has 0 fully saturated rings. The van der Waals surface area contributed by atoms with Gasteiger partial charge in [0.1, 0.15) is 5.75 Å². The molecule has 0 saturated heterocycles. The van der Waals surface area contributed by atoms with Gasteiger partial charge in [0.2, 0.25) is 10.0 Å². The largest absolute Gasteiger partial charge is 0.480 e. The first-order chi connectivity index (χ1) is 15.4. The number of sulfonamides is 1. The van der Waals surface area contributed by atoms with Crippen LogP contribution in [0.2, 0.25) is 0 Å². The first-order valence-corrected chi connectivity index (χ1v) is 11.4. The van der Waals surface area contributed by atoms with E-state index in [0.29, 0.717) is 12.2 Å². The van der Waals surface area contributed by atoms with Crippen LogP contribution >= 0.6 is 0 Å². The van der Waals surface area contributed by atoms with Crippen molar-refractivity contribution in [2.24, 2.45) is 0 Å². The number of rotatable bonds is 6. The summed E-state index contributed by atoms with van der Waals surface area (Å²) in [5.74, 6) is -0.503. The smallest absolute Gasteiger partial charge is 0.279 e. The summed E-state index contributed by atoms with van der Waals surface area (Å²) in [6, 6.07) is 22.0. The number of hydrogen-bond acceptors (Lipinski definition) is 5. The molecule has 0 unspecified atom stereocenters. The lowest BCUT2D eigenvalue weighted by Gasteiger charge is -2.13.